The third-order valence-corrected chi connectivity index (χ3v) is 3.31. The quantitative estimate of drug-likeness (QED) is 0.792. The Bertz CT molecular complexity index is 560. The van der Waals surface area contributed by atoms with Crippen LogP contribution in [0.25, 0.3) is 0 Å². The zero-order valence-electron chi connectivity index (χ0n) is 10.8. The number of rotatable bonds is 2. The Morgan fingerprint density at radius 2 is 2.22 bits per heavy atom. The van der Waals surface area contributed by atoms with Gasteiger partial charge in [-0.2, -0.15) is 5.10 Å². The van der Waals surface area contributed by atoms with Gasteiger partial charge in [0.2, 0.25) is 0 Å². The second-order valence-electron chi connectivity index (χ2n) is 4.87. The van der Waals surface area contributed by atoms with Crippen molar-refractivity contribution in [2.75, 3.05) is 6.54 Å². The summed E-state index contributed by atoms with van der Waals surface area (Å²) in [6.07, 6.45) is 7.01. The lowest BCUT2D eigenvalue weighted by atomic mass is 10.1. The summed E-state index contributed by atoms with van der Waals surface area (Å²) in [5.41, 5.74) is 3.73. The largest absolute Gasteiger partial charge is 0.293 e. The summed E-state index contributed by atoms with van der Waals surface area (Å²) in [4.78, 5) is 11.2. The van der Waals surface area contributed by atoms with Gasteiger partial charge in [0.25, 0.3) is 0 Å². The van der Waals surface area contributed by atoms with Crippen molar-refractivity contribution in [1.29, 1.82) is 0 Å². The topological polar surface area (TPSA) is 46.8 Å². The highest BCUT2D eigenvalue weighted by molar-refractivity contribution is 5.20. The van der Waals surface area contributed by atoms with Crippen LogP contribution in [-0.2, 0) is 26.6 Å². The summed E-state index contributed by atoms with van der Waals surface area (Å²) < 4.78 is 1.85. The molecule has 0 spiro atoms. The number of hydrogen-bond donors (Lipinski definition) is 0. The Balaban J connectivity index is 1.74. The summed E-state index contributed by atoms with van der Waals surface area (Å²) in [6, 6.07) is 0. The first-order chi connectivity index (χ1) is 8.70. The van der Waals surface area contributed by atoms with E-state index in [0.717, 1.165) is 31.9 Å². The van der Waals surface area contributed by atoms with E-state index >= 15 is 0 Å². The highest BCUT2D eigenvalue weighted by Crippen LogP contribution is 2.18. The number of hydrogen-bond acceptors (Lipinski definition) is 4. The van der Waals surface area contributed by atoms with Gasteiger partial charge in [-0.05, 0) is 18.9 Å². The number of fused-ring (bicyclic) bond motifs is 1. The van der Waals surface area contributed by atoms with E-state index in [0.29, 0.717) is 0 Å². The van der Waals surface area contributed by atoms with Gasteiger partial charge in [0.15, 0.2) is 0 Å². The Morgan fingerprint density at radius 3 is 3.00 bits per heavy atom. The number of aromatic nitrogens is 4. The second-order valence-corrected chi connectivity index (χ2v) is 4.87. The van der Waals surface area contributed by atoms with Gasteiger partial charge in [0, 0.05) is 44.6 Å². The van der Waals surface area contributed by atoms with E-state index in [1.165, 1.54) is 16.8 Å². The van der Waals surface area contributed by atoms with Gasteiger partial charge >= 0.3 is 0 Å². The lowest BCUT2D eigenvalue weighted by molar-refractivity contribution is 0.241. The van der Waals surface area contributed by atoms with Gasteiger partial charge in [-0.1, -0.05) is 0 Å². The summed E-state index contributed by atoms with van der Waals surface area (Å²) in [6.45, 7) is 4.86. The molecular formula is C13H17N5. The maximum absolute atomic E-state index is 4.54. The maximum atomic E-state index is 4.54. The van der Waals surface area contributed by atoms with Gasteiger partial charge < -0.3 is 0 Å². The van der Waals surface area contributed by atoms with Crippen LogP contribution in [0.1, 0.15) is 22.6 Å². The van der Waals surface area contributed by atoms with Crippen molar-refractivity contribution in [1.82, 2.24) is 24.6 Å². The fourth-order valence-corrected chi connectivity index (χ4v) is 2.40. The van der Waals surface area contributed by atoms with Crippen LogP contribution in [0.5, 0.6) is 0 Å². The van der Waals surface area contributed by atoms with Crippen molar-refractivity contribution in [3.63, 3.8) is 0 Å². The smallest absolute Gasteiger partial charge is 0.125 e. The maximum Gasteiger partial charge on any atom is 0.125 e. The van der Waals surface area contributed by atoms with Crippen LogP contribution in [0, 0.1) is 6.92 Å². The van der Waals surface area contributed by atoms with Crippen molar-refractivity contribution in [3.05, 3.63) is 41.2 Å². The van der Waals surface area contributed by atoms with Crippen LogP contribution in [0.15, 0.2) is 18.6 Å². The molecule has 0 unspecified atom stereocenters. The normalized spacial score (nSPS) is 15.7. The average molecular weight is 243 g/mol. The Morgan fingerprint density at radius 1 is 1.33 bits per heavy atom. The van der Waals surface area contributed by atoms with Crippen LogP contribution in [0.2, 0.25) is 0 Å². The first kappa shape index (κ1) is 11.3. The first-order valence-corrected chi connectivity index (χ1v) is 6.22. The molecule has 18 heavy (non-hydrogen) atoms. The number of aryl methyl sites for hydroxylation is 2. The first-order valence-electron chi connectivity index (χ1n) is 6.22. The fraction of sp³-hybridized carbons (Fsp3) is 0.462. The Labute approximate surface area is 106 Å². The predicted molar refractivity (Wildman–Crippen MR) is 67.8 cm³/mol. The summed E-state index contributed by atoms with van der Waals surface area (Å²) >= 11 is 0. The molecule has 0 aromatic carbocycles. The van der Waals surface area contributed by atoms with Gasteiger partial charge in [-0.25, -0.2) is 9.97 Å². The fourth-order valence-electron chi connectivity index (χ4n) is 2.40. The van der Waals surface area contributed by atoms with Crippen molar-refractivity contribution in [3.8, 4) is 0 Å². The van der Waals surface area contributed by atoms with Crippen molar-refractivity contribution in [2.45, 2.75) is 26.4 Å². The van der Waals surface area contributed by atoms with Crippen molar-refractivity contribution >= 4 is 0 Å². The molecule has 0 amide bonds. The molecule has 5 nitrogen and oxygen atoms in total. The molecule has 2 aromatic heterocycles. The van der Waals surface area contributed by atoms with E-state index in [4.69, 9.17) is 0 Å². The molecule has 3 rings (SSSR count). The minimum Gasteiger partial charge on any atom is -0.293 e. The Hall–Kier alpha value is -1.75. The second kappa shape index (κ2) is 4.49. The lowest BCUT2D eigenvalue weighted by Gasteiger charge is -2.27. The molecule has 0 atom stereocenters. The molecule has 2 aromatic rings. The minimum absolute atomic E-state index is 0.858. The molecule has 0 saturated carbocycles. The van der Waals surface area contributed by atoms with Gasteiger partial charge in [0.1, 0.15) is 5.82 Å². The average Bonchev–Trinajstić information content (AvgIpc) is 2.74. The monoisotopic (exact) mass is 243 g/mol. The highest BCUT2D eigenvalue weighted by atomic mass is 15.2. The van der Waals surface area contributed by atoms with E-state index in [-0.39, 0.29) is 0 Å². The van der Waals surface area contributed by atoms with Crippen LogP contribution >= 0.6 is 0 Å². The summed E-state index contributed by atoms with van der Waals surface area (Å²) in [5, 5.41) is 4.20. The van der Waals surface area contributed by atoms with E-state index < -0.39 is 0 Å². The van der Waals surface area contributed by atoms with Crippen molar-refractivity contribution < 1.29 is 0 Å². The lowest BCUT2D eigenvalue weighted by Crippen LogP contribution is -2.31. The zero-order valence-corrected chi connectivity index (χ0v) is 10.8. The molecule has 0 saturated heterocycles. The third-order valence-electron chi connectivity index (χ3n) is 3.31. The van der Waals surface area contributed by atoms with E-state index in [1.807, 2.05) is 31.0 Å². The van der Waals surface area contributed by atoms with Crippen LogP contribution in [-0.4, -0.2) is 31.2 Å². The molecule has 0 bridgehead atoms. The standard InChI is InChI=1S/C13H17N5/c1-10-14-6-12-3-4-18(9-13(12)16-10)8-11-5-15-17(2)7-11/h5-7H,3-4,8-9H2,1-2H3. The van der Waals surface area contributed by atoms with E-state index in [1.54, 1.807) is 0 Å². The molecule has 1 aliphatic rings. The van der Waals surface area contributed by atoms with E-state index in [2.05, 4.69) is 26.2 Å². The predicted octanol–water partition coefficient (Wildman–Crippen LogP) is 1.08. The minimum atomic E-state index is 0.858. The van der Waals surface area contributed by atoms with Crippen LogP contribution in [0.4, 0.5) is 0 Å². The zero-order chi connectivity index (χ0) is 12.5. The molecular weight excluding hydrogens is 226 g/mol. The SMILES string of the molecule is Cc1ncc2c(n1)CN(Cc1cnn(C)c1)CC2. The highest BCUT2D eigenvalue weighted by Gasteiger charge is 2.18. The molecule has 0 radical (unpaired) electrons. The Kier molecular flexibility index (Phi) is 2.83. The number of nitrogens with zero attached hydrogens (tertiary/aromatic N) is 5. The molecule has 0 fully saturated rings. The van der Waals surface area contributed by atoms with Gasteiger partial charge in [0.05, 0.1) is 11.9 Å². The van der Waals surface area contributed by atoms with Crippen molar-refractivity contribution in [2.24, 2.45) is 7.05 Å². The molecule has 94 valence electrons. The third kappa shape index (κ3) is 2.26. The van der Waals surface area contributed by atoms with Crippen LogP contribution in [0.3, 0.4) is 0 Å². The van der Waals surface area contributed by atoms with E-state index in [9.17, 15) is 0 Å². The molecule has 0 aliphatic carbocycles. The molecule has 0 N–H and O–H groups in total. The summed E-state index contributed by atoms with van der Waals surface area (Å²) in [5.74, 6) is 0.858. The molecule has 5 heteroatoms. The molecule has 3 heterocycles. The van der Waals surface area contributed by atoms with Gasteiger partial charge in [-0.15, -0.1) is 0 Å². The summed E-state index contributed by atoms with van der Waals surface area (Å²) in [7, 11) is 1.95. The molecule has 1 aliphatic heterocycles. The van der Waals surface area contributed by atoms with Crippen LogP contribution < -0.4 is 0 Å². The van der Waals surface area contributed by atoms with Gasteiger partial charge in [-0.3, -0.25) is 9.58 Å².